The predicted molar refractivity (Wildman–Crippen MR) is 114 cm³/mol. The molecule has 0 spiro atoms. The van der Waals surface area contributed by atoms with E-state index in [0.29, 0.717) is 6.61 Å². The van der Waals surface area contributed by atoms with Gasteiger partial charge in [-0.3, -0.25) is 4.98 Å². The van der Waals surface area contributed by atoms with Crippen molar-refractivity contribution < 1.29 is 9.47 Å². The zero-order valence-electron chi connectivity index (χ0n) is 17.4. The number of nitrogens with zero attached hydrogens (tertiary/aromatic N) is 2. The molecular formula is C23H33N3O2. The Morgan fingerprint density at radius 2 is 2.00 bits per heavy atom. The van der Waals surface area contributed by atoms with Crippen LogP contribution in [0.4, 0.5) is 5.69 Å². The van der Waals surface area contributed by atoms with Gasteiger partial charge in [0.2, 0.25) is 0 Å². The van der Waals surface area contributed by atoms with Gasteiger partial charge >= 0.3 is 0 Å². The maximum atomic E-state index is 6.00. The van der Waals surface area contributed by atoms with Crippen LogP contribution in [-0.2, 0) is 24.2 Å². The van der Waals surface area contributed by atoms with Crippen LogP contribution in [0.3, 0.4) is 0 Å². The zero-order valence-corrected chi connectivity index (χ0v) is 17.4. The maximum absolute atomic E-state index is 6.00. The van der Waals surface area contributed by atoms with Crippen molar-refractivity contribution in [2.24, 2.45) is 0 Å². The van der Waals surface area contributed by atoms with E-state index >= 15 is 0 Å². The number of likely N-dealkylation sites (tertiary alicyclic amines) is 1. The summed E-state index contributed by atoms with van der Waals surface area (Å²) in [7, 11) is 1.74. The average Bonchev–Trinajstić information content (AvgIpc) is 3.39. The van der Waals surface area contributed by atoms with E-state index < -0.39 is 0 Å². The van der Waals surface area contributed by atoms with Gasteiger partial charge in [-0.05, 0) is 69.3 Å². The van der Waals surface area contributed by atoms with E-state index in [1.807, 2.05) is 0 Å². The molecule has 0 unspecified atom stereocenters. The third-order valence-electron chi connectivity index (χ3n) is 5.97. The molecule has 28 heavy (non-hydrogen) atoms. The summed E-state index contributed by atoms with van der Waals surface area (Å²) in [6, 6.07) is 4.32. The van der Waals surface area contributed by atoms with Gasteiger partial charge in [0.05, 0.1) is 25.8 Å². The lowest BCUT2D eigenvalue weighted by Gasteiger charge is -2.18. The van der Waals surface area contributed by atoms with Gasteiger partial charge < -0.3 is 19.7 Å². The Morgan fingerprint density at radius 3 is 2.79 bits per heavy atom. The normalized spacial score (nSPS) is 16.6. The van der Waals surface area contributed by atoms with Crippen LogP contribution in [0.2, 0.25) is 0 Å². The number of benzene rings is 1. The standard InChI is InChI=1S/C23H33N3O2/c1-3-9-24-23-18-7-6-8-20(18)25-21-14-17(22(27-2)15-19(21)23)16-28-13-12-26-10-4-5-11-26/h14-15H,3-13,16H2,1-2H3,(H,24,25). The summed E-state index contributed by atoms with van der Waals surface area (Å²) in [5.74, 6) is 0.896. The molecule has 5 nitrogen and oxygen atoms in total. The average molecular weight is 384 g/mol. The second-order valence-electron chi connectivity index (χ2n) is 7.97. The highest BCUT2D eigenvalue weighted by Crippen LogP contribution is 2.37. The quantitative estimate of drug-likeness (QED) is 0.659. The molecule has 1 aliphatic heterocycles. The first-order chi connectivity index (χ1) is 13.8. The second kappa shape index (κ2) is 9.10. The molecule has 1 aromatic carbocycles. The van der Waals surface area contributed by atoms with E-state index in [0.717, 1.165) is 55.8 Å². The number of ether oxygens (including phenoxy) is 2. The van der Waals surface area contributed by atoms with Crippen LogP contribution in [0.5, 0.6) is 5.75 Å². The summed E-state index contributed by atoms with van der Waals surface area (Å²) >= 11 is 0. The molecule has 5 heteroatoms. The summed E-state index contributed by atoms with van der Waals surface area (Å²) < 4.78 is 11.7. The van der Waals surface area contributed by atoms with Crippen molar-refractivity contribution in [3.05, 3.63) is 29.0 Å². The number of pyridine rings is 1. The van der Waals surface area contributed by atoms with E-state index in [1.54, 1.807) is 7.11 Å². The number of hydrogen-bond donors (Lipinski definition) is 1. The lowest BCUT2D eigenvalue weighted by atomic mass is 10.0. The third kappa shape index (κ3) is 4.11. The lowest BCUT2D eigenvalue weighted by Crippen LogP contribution is -2.23. The molecule has 2 aliphatic rings. The molecule has 1 aliphatic carbocycles. The summed E-state index contributed by atoms with van der Waals surface area (Å²) in [6.45, 7) is 7.97. The fourth-order valence-corrected chi connectivity index (χ4v) is 4.47. The molecule has 1 saturated heterocycles. The van der Waals surface area contributed by atoms with Gasteiger partial charge in [-0.2, -0.15) is 0 Å². The van der Waals surface area contributed by atoms with Crippen LogP contribution < -0.4 is 10.1 Å². The molecule has 2 aromatic rings. The third-order valence-corrected chi connectivity index (χ3v) is 5.97. The maximum Gasteiger partial charge on any atom is 0.125 e. The molecule has 0 amide bonds. The predicted octanol–water partition coefficient (Wildman–Crippen LogP) is 4.17. The fraction of sp³-hybridized carbons (Fsp3) is 0.609. The van der Waals surface area contributed by atoms with Gasteiger partial charge in [-0.25, -0.2) is 0 Å². The minimum Gasteiger partial charge on any atom is -0.496 e. The van der Waals surface area contributed by atoms with Crippen molar-refractivity contribution in [1.29, 1.82) is 0 Å². The fourth-order valence-electron chi connectivity index (χ4n) is 4.47. The lowest BCUT2D eigenvalue weighted by molar-refractivity contribution is 0.0979. The van der Waals surface area contributed by atoms with Crippen LogP contribution in [0.25, 0.3) is 10.9 Å². The van der Waals surface area contributed by atoms with Crippen molar-refractivity contribution in [2.75, 3.05) is 45.2 Å². The molecule has 0 saturated carbocycles. The Kier molecular flexibility index (Phi) is 6.33. The monoisotopic (exact) mass is 383 g/mol. The van der Waals surface area contributed by atoms with E-state index in [-0.39, 0.29) is 0 Å². The SMILES string of the molecule is CCCNc1c2c(nc3cc(COCCN4CCCC4)c(OC)cc13)CCC2. The number of methoxy groups -OCH3 is 1. The van der Waals surface area contributed by atoms with Gasteiger partial charge in [0.1, 0.15) is 5.75 Å². The molecule has 1 N–H and O–H groups in total. The molecule has 0 atom stereocenters. The Morgan fingerprint density at radius 1 is 1.14 bits per heavy atom. The largest absolute Gasteiger partial charge is 0.496 e. The number of hydrogen-bond acceptors (Lipinski definition) is 5. The second-order valence-corrected chi connectivity index (χ2v) is 7.97. The van der Waals surface area contributed by atoms with Crippen molar-refractivity contribution in [1.82, 2.24) is 9.88 Å². The van der Waals surface area contributed by atoms with Gasteiger partial charge in [-0.15, -0.1) is 0 Å². The topological polar surface area (TPSA) is 46.6 Å². The van der Waals surface area contributed by atoms with E-state index in [9.17, 15) is 0 Å². The van der Waals surface area contributed by atoms with Crippen LogP contribution >= 0.6 is 0 Å². The van der Waals surface area contributed by atoms with E-state index in [1.165, 1.54) is 54.7 Å². The van der Waals surface area contributed by atoms with E-state index in [4.69, 9.17) is 14.5 Å². The zero-order chi connectivity index (χ0) is 19.3. The van der Waals surface area contributed by atoms with Gasteiger partial charge in [0.25, 0.3) is 0 Å². The Hall–Kier alpha value is -1.85. The highest BCUT2D eigenvalue weighted by atomic mass is 16.5. The van der Waals surface area contributed by atoms with Crippen LogP contribution in [0.15, 0.2) is 12.1 Å². The highest BCUT2D eigenvalue weighted by Gasteiger charge is 2.21. The number of rotatable bonds is 9. The molecule has 1 fully saturated rings. The highest BCUT2D eigenvalue weighted by molar-refractivity contribution is 5.95. The molecule has 1 aromatic heterocycles. The molecule has 0 radical (unpaired) electrons. The Labute approximate surface area is 168 Å². The molecular weight excluding hydrogens is 350 g/mol. The first-order valence-corrected chi connectivity index (χ1v) is 10.9. The summed E-state index contributed by atoms with van der Waals surface area (Å²) in [5.41, 5.74) is 6.07. The minimum absolute atomic E-state index is 0.573. The summed E-state index contributed by atoms with van der Waals surface area (Å²) in [5, 5.41) is 4.83. The van der Waals surface area contributed by atoms with E-state index in [2.05, 4.69) is 29.3 Å². The summed E-state index contributed by atoms with van der Waals surface area (Å²) in [4.78, 5) is 7.47. The minimum atomic E-state index is 0.573. The number of anilines is 1. The number of fused-ring (bicyclic) bond motifs is 2. The Bertz CT molecular complexity index is 815. The summed E-state index contributed by atoms with van der Waals surface area (Å²) in [6.07, 6.45) is 7.15. The number of aryl methyl sites for hydroxylation is 1. The van der Waals surface area contributed by atoms with Gasteiger partial charge in [0.15, 0.2) is 0 Å². The Balaban J connectivity index is 1.56. The first kappa shape index (κ1) is 19.5. The first-order valence-electron chi connectivity index (χ1n) is 10.9. The number of nitrogens with one attached hydrogen (secondary N) is 1. The van der Waals surface area contributed by atoms with Crippen molar-refractivity contribution in [2.45, 2.75) is 52.1 Å². The van der Waals surface area contributed by atoms with Crippen molar-refractivity contribution in [3.8, 4) is 5.75 Å². The molecule has 152 valence electrons. The van der Waals surface area contributed by atoms with Crippen LogP contribution in [0, 0.1) is 0 Å². The van der Waals surface area contributed by atoms with Crippen LogP contribution in [-0.4, -0.2) is 49.8 Å². The number of aromatic nitrogens is 1. The smallest absolute Gasteiger partial charge is 0.125 e. The molecule has 4 rings (SSSR count). The molecule has 0 bridgehead atoms. The molecule has 2 heterocycles. The van der Waals surface area contributed by atoms with Gasteiger partial charge in [0, 0.05) is 35.4 Å². The van der Waals surface area contributed by atoms with Gasteiger partial charge in [-0.1, -0.05) is 6.92 Å². The van der Waals surface area contributed by atoms with Crippen LogP contribution in [0.1, 0.15) is 49.4 Å². The van der Waals surface area contributed by atoms with Crippen molar-refractivity contribution in [3.63, 3.8) is 0 Å². The van der Waals surface area contributed by atoms with Crippen molar-refractivity contribution >= 4 is 16.6 Å².